The lowest BCUT2D eigenvalue weighted by Gasteiger charge is -2.40. The third-order valence-corrected chi connectivity index (χ3v) is 8.30. The second kappa shape index (κ2) is 11.8. The maximum Gasteiger partial charge on any atom is 0.313 e. The average Bonchev–Trinajstić information content (AvgIpc) is 3.34. The zero-order chi connectivity index (χ0) is 29.2. The molecule has 2 aromatic heterocycles. The summed E-state index contributed by atoms with van der Waals surface area (Å²) in [4.78, 5) is 51.2. The molecule has 1 aliphatic rings. The van der Waals surface area contributed by atoms with Crippen molar-refractivity contribution in [3.63, 3.8) is 0 Å². The van der Waals surface area contributed by atoms with Crippen LogP contribution in [0.3, 0.4) is 0 Å². The number of thiophene rings is 1. The highest BCUT2D eigenvalue weighted by atomic mass is 79.9. The van der Waals surface area contributed by atoms with E-state index in [1.165, 1.54) is 11.3 Å². The Bertz CT molecular complexity index is 1370. The van der Waals surface area contributed by atoms with Gasteiger partial charge in [-0.05, 0) is 59.8 Å². The van der Waals surface area contributed by atoms with Crippen LogP contribution in [0.1, 0.15) is 61.7 Å². The largest absolute Gasteiger partial charge is 0.460 e. The second-order valence-electron chi connectivity index (χ2n) is 12.0. The lowest BCUT2D eigenvalue weighted by molar-refractivity contribution is -0.168. The van der Waals surface area contributed by atoms with E-state index < -0.39 is 11.6 Å². The van der Waals surface area contributed by atoms with Crippen molar-refractivity contribution in [2.24, 2.45) is 5.92 Å². The van der Waals surface area contributed by atoms with E-state index in [9.17, 15) is 14.4 Å². The van der Waals surface area contributed by atoms with E-state index in [0.29, 0.717) is 17.1 Å². The van der Waals surface area contributed by atoms with Crippen LogP contribution in [0.2, 0.25) is 0 Å². The predicted octanol–water partition coefficient (Wildman–Crippen LogP) is 5.41. The van der Waals surface area contributed by atoms with Crippen molar-refractivity contribution in [2.75, 3.05) is 13.1 Å². The van der Waals surface area contributed by atoms with Gasteiger partial charge in [0.05, 0.1) is 15.3 Å². The summed E-state index contributed by atoms with van der Waals surface area (Å²) in [6.07, 6.45) is 3.68. The molecule has 212 valence electrons. The minimum absolute atomic E-state index is 0.0764. The number of benzene rings is 1. The highest BCUT2D eigenvalue weighted by Crippen LogP contribution is 2.30. The number of nitrogens with one attached hydrogen (secondary N) is 1. The van der Waals surface area contributed by atoms with E-state index in [4.69, 9.17) is 4.74 Å². The highest BCUT2D eigenvalue weighted by molar-refractivity contribution is 9.10. The monoisotopic (exact) mass is 626 g/mol. The van der Waals surface area contributed by atoms with Crippen LogP contribution in [0.4, 0.5) is 0 Å². The third kappa shape index (κ3) is 7.54. The number of rotatable bonds is 7. The van der Waals surface area contributed by atoms with Crippen molar-refractivity contribution < 1.29 is 19.1 Å². The first-order chi connectivity index (χ1) is 18.7. The second-order valence-corrected chi connectivity index (χ2v) is 14.0. The van der Waals surface area contributed by atoms with E-state index in [2.05, 4.69) is 52.0 Å². The number of carbonyl (C=O) groups is 3. The minimum atomic E-state index is -0.790. The number of likely N-dealkylation sites (tertiary alicyclic amines) is 1. The first-order valence-electron chi connectivity index (χ1n) is 13.2. The summed E-state index contributed by atoms with van der Waals surface area (Å²) < 4.78 is 6.27. The zero-order valence-electron chi connectivity index (χ0n) is 23.7. The van der Waals surface area contributed by atoms with Gasteiger partial charge in [-0.3, -0.25) is 14.4 Å². The fraction of sp³-hybridized carbons (Fsp3) is 0.433. The van der Waals surface area contributed by atoms with Crippen LogP contribution in [0.25, 0.3) is 11.4 Å². The van der Waals surface area contributed by atoms with Crippen LogP contribution in [-0.4, -0.2) is 57.4 Å². The minimum Gasteiger partial charge on any atom is -0.460 e. The molecule has 1 aliphatic heterocycles. The fourth-order valence-corrected chi connectivity index (χ4v) is 5.36. The lowest BCUT2D eigenvalue weighted by Crippen LogP contribution is -2.59. The number of hydrogen-bond acceptors (Lipinski definition) is 7. The summed E-state index contributed by atoms with van der Waals surface area (Å²) in [5, 5.41) is 2.96. The maximum absolute atomic E-state index is 13.6. The number of aromatic nitrogens is 2. The molecular formula is C30H35BrN4O4S. The number of ether oxygens (including phenoxy) is 1. The summed E-state index contributed by atoms with van der Waals surface area (Å²) >= 11 is 4.77. The maximum atomic E-state index is 13.6. The molecule has 1 aromatic carbocycles. The van der Waals surface area contributed by atoms with Gasteiger partial charge < -0.3 is 15.0 Å². The molecule has 1 unspecified atom stereocenters. The van der Waals surface area contributed by atoms with Crippen LogP contribution in [0.15, 0.2) is 53.3 Å². The molecule has 0 radical (unpaired) electrons. The SMILES string of the molecule is CC(C)(C)OC(=O)C1CN(C(=O)C(Cc2ccc(-c3ncc(Br)cn3)cc2)NC(=O)c2ccc(C(C)(C)C)s2)C1. The summed E-state index contributed by atoms with van der Waals surface area (Å²) in [6.45, 7) is 12.3. The van der Waals surface area contributed by atoms with Gasteiger partial charge in [0, 0.05) is 42.3 Å². The van der Waals surface area contributed by atoms with Gasteiger partial charge in [0.15, 0.2) is 5.82 Å². The van der Waals surface area contributed by atoms with Crippen LogP contribution < -0.4 is 5.32 Å². The molecule has 40 heavy (non-hydrogen) atoms. The summed E-state index contributed by atoms with van der Waals surface area (Å²) in [5.41, 5.74) is 1.06. The van der Waals surface area contributed by atoms with Gasteiger partial charge in [-0.1, -0.05) is 45.0 Å². The van der Waals surface area contributed by atoms with Gasteiger partial charge in [0.25, 0.3) is 5.91 Å². The van der Waals surface area contributed by atoms with E-state index in [1.807, 2.05) is 51.1 Å². The van der Waals surface area contributed by atoms with Crippen molar-refractivity contribution in [1.82, 2.24) is 20.2 Å². The zero-order valence-corrected chi connectivity index (χ0v) is 26.1. The van der Waals surface area contributed by atoms with Gasteiger partial charge >= 0.3 is 5.97 Å². The predicted molar refractivity (Wildman–Crippen MR) is 159 cm³/mol. The molecular weight excluding hydrogens is 592 g/mol. The summed E-state index contributed by atoms with van der Waals surface area (Å²) in [6, 6.07) is 10.6. The molecule has 4 rings (SSSR count). The summed E-state index contributed by atoms with van der Waals surface area (Å²) in [5.74, 6) is -0.589. The molecule has 0 spiro atoms. The van der Waals surface area contributed by atoms with Crippen LogP contribution in [-0.2, 0) is 26.2 Å². The molecule has 10 heteroatoms. The smallest absolute Gasteiger partial charge is 0.313 e. The molecule has 0 bridgehead atoms. The van der Waals surface area contributed by atoms with Gasteiger partial charge in [0.2, 0.25) is 5.91 Å². The molecule has 1 N–H and O–H groups in total. The number of esters is 1. The molecule has 3 heterocycles. The average molecular weight is 628 g/mol. The van der Waals surface area contributed by atoms with Crippen molar-refractivity contribution in [3.05, 3.63) is 68.6 Å². The van der Waals surface area contributed by atoms with Crippen LogP contribution in [0.5, 0.6) is 0 Å². The van der Waals surface area contributed by atoms with Gasteiger partial charge in [-0.2, -0.15) is 0 Å². The Balaban J connectivity index is 1.49. The Hall–Kier alpha value is -3.11. The molecule has 0 aliphatic carbocycles. The molecule has 8 nitrogen and oxygen atoms in total. The molecule has 1 saturated heterocycles. The first-order valence-corrected chi connectivity index (χ1v) is 14.8. The number of halogens is 1. The lowest BCUT2D eigenvalue weighted by atomic mass is 9.95. The Kier molecular flexibility index (Phi) is 8.80. The molecule has 1 atom stereocenters. The number of amides is 2. The van der Waals surface area contributed by atoms with E-state index >= 15 is 0 Å². The third-order valence-electron chi connectivity index (χ3n) is 6.38. The van der Waals surface area contributed by atoms with Gasteiger partial charge in [-0.25, -0.2) is 9.97 Å². The number of carbonyl (C=O) groups excluding carboxylic acids is 3. The van der Waals surface area contributed by atoms with Crippen molar-refractivity contribution in [2.45, 2.75) is 65.0 Å². The first kappa shape index (κ1) is 29.9. The summed E-state index contributed by atoms with van der Waals surface area (Å²) in [7, 11) is 0. The Morgan fingerprint density at radius 2 is 1.65 bits per heavy atom. The van der Waals surface area contributed by atoms with Crippen molar-refractivity contribution in [1.29, 1.82) is 0 Å². The normalized spacial score (nSPS) is 14.8. The van der Waals surface area contributed by atoms with E-state index in [1.54, 1.807) is 23.4 Å². The van der Waals surface area contributed by atoms with E-state index in [0.717, 1.165) is 20.5 Å². The Morgan fingerprint density at radius 3 is 2.20 bits per heavy atom. The number of hydrogen-bond donors (Lipinski definition) is 1. The van der Waals surface area contributed by atoms with Crippen molar-refractivity contribution in [3.8, 4) is 11.4 Å². The molecule has 3 aromatic rings. The topological polar surface area (TPSA) is 101 Å². The molecule has 1 fully saturated rings. The van der Waals surface area contributed by atoms with Crippen LogP contribution >= 0.6 is 27.3 Å². The Labute approximate surface area is 247 Å². The van der Waals surface area contributed by atoms with Gasteiger partial charge in [0.1, 0.15) is 11.6 Å². The van der Waals surface area contributed by atoms with Crippen molar-refractivity contribution >= 4 is 45.1 Å². The Morgan fingerprint density at radius 1 is 1.02 bits per heavy atom. The fourth-order valence-electron chi connectivity index (χ4n) is 4.19. The van der Waals surface area contributed by atoms with Crippen LogP contribution in [0, 0.1) is 5.92 Å². The van der Waals surface area contributed by atoms with E-state index in [-0.39, 0.29) is 42.2 Å². The quantitative estimate of drug-likeness (QED) is 0.352. The standard InChI is InChI=1S/C30H35BrN4O4S/c1-29(2,3)24-12-11-23(40-24)26(36)34-22(27(37)35-16-20(17-35)28(38)39-30(4,5)6)13-18-7-9-19(10-8-18)25-32-14-21(31)15-33-25/h7-12,14-15,20,22H,13,16-17H2,1-6H3,(H,34,36). The number of nitrogens with zero attached hydrogens (tertiary/aromatic N) is 3. The molecule has 0 saturated carbocycles. The van der Waals surface area contributed by atoms with Gasteiger partial charge in [-0.15, -0.1) is 11.3 Å². The highest BCUT2D eigenvalue weighted by Gasteiger charge is 2.40. The molecule has 2 amide bonds.